The van der Waals surface area contributed by atoms with Crippen LogP contribution in [0.5, 0.6) is 0 Å². The Kier molecular flexibility index (Phi) is 20.7. The van der Waals surface area contributed by atoms with Crippen molar-refractivity contribution < 1.29 is 24.1 Å². The van der Waals surface area contributed by atoms with Crippen molar-refractivity contribution in [1.82, 2.24) is 0 Å². The number of unbranched alkanes of at least 4 members (excludes halogenated alkanes) is 4. The summed E-state index contributed by atoms with van der Waals surface area (Å²) < 4.78 is 21.4. The van der Waals surface area contributed by atoms with Crippen LogP contribution in [-0.4, -0.2) is 64.6 Å². The third kappa shape index (κ3) is 19.8. The normalized spacial score (nSPS) is 12.6. The number of aliphatic hydroxyl groups excluding tert-OH is 1. The molecule has 1 atom stereocenters. The predicted octanol–water partition coefficient (Wildman–Crippen LogP) is 3.43. The van der Waals surface area contributed by atoms with Crippen LogP contribution in [0, 0.1) is 5.92 Å². The average Bonchev–Trinajstić information content (AvgIpc) is 2.60. The number of hydrogen-bond donors (Lipinski definition) is 1. The summed E-state index contributed by atoms with van der Waals surface area (Å²) in [7, 11) is 0. The molecule has 1 unspecified atom stereocenters. The smallest absolute Gasteiger partial charge is 0.0701 e. The van der Waals surface area contributed by atoms with Gasteiger partial charge in [-0.05, 0) is 12.3 Å². The van der Waals surface area contributed by atoms with Gasteiger partial charge in [0.05, 0.1) is 52.9 Å². The number of aliphatic hydroxyl groups is 1. The Hall–Kier alpha value is -0.200. The second-order valence-corrected chi connectivity index (χ2v) is 6.24. The molecule has 1 N–H and O–H groups in total. The van der Waals surface area contributed by atoms with E-state index in [1.807, 2.05) is 0 Å². The van der Waals surface area contributed by atoms with Crippen LogP contribution in [0.4, 0.5) is 0 Å². The van der Waals surface area contributed by atoms with Crippen molar-refractivity contribution in [2.75, 3.05) is 59.5 Å². The molecule has 0 spiro atoms. The quantitative estimate of drug-likeness (QED) is 0.342. The third-order valence-corrected chi connectivity index (χ3v) is 4.03. The summed E-state index contributed by atoms with van der Waals surface area (Å²) in [5, 5.41) is 8.52. The lowest BCUT2D eigenvalue weighted by molar-refractivity contribution is -0.00577. The Morgan fingerprint density at radius 3 is 1.62 bits per heavy atom. The van der Waals surface area contributed by atoms with Gasteiger partial charge in [-0.15, -0.1) is 0 Å². The topological polar surface area (TPSA) is 57.2 Å². The molecule has 0 radical (unpaired) electrons. The van der Waals surface area contributed by atoms with Gasteiger partial charge in [-0.1, -0.05) is 52.4 Å². The summed E-state index contributed by atoms with van der Waals surface area (Å²) in [5.41, 5.74) is 0. The largest absolute Gasteiger partial charge is 0.394 e. The van der Waals surface area contributed by atoms with E-state index in [-0.39, 0.29) is 6.61 Å². The molecule has 0 bridgehead atoms. The lowest BCUT2D eigenvalue weighted by Gasteiger charge is -2.08. The SMILES string of the molecule is CCC(C)CCCCCCCOCCOCCOCCOCCO. The van der Waals surface area contributed by atoms with Crippen LogP contribution in [0.3, 0.4) is 0 Å². The molecular weight excluding hydrogens is 308 g/mol. The van der Waals surface area contributed by atoms with Crippen LogP contribution in [0.15, 0.2) is 0 Å². The van der Waals surface area contributed by atoms with Crippen LogP contribution in [0.2, 0.25) is 0 Å². The highest BCUT2D eigenvalue weighted by molar-refractivity contribution is 4.51. The van der Waals surface area contributed by atoms with Crippen molar-refractivity contribution in [3.05, 3.63) is 0 Å². The lowest BCUT2D eigenvalue weighted by atomic mass is 10.0. The van der Waals surface area contributed by atoms with Crippen molar-refractivity contribution in [3.63, 3.8) is 0 Å². The van der Waals surface area contributed by atoms with Gasteiger partial charge in [-0.3, -0.25) is 0 Å². The van der Waals surface area contributed by atoms with Crippen LogP contribution < -0.4 is 0 Å². The first-order valence-corrected chi connectivity index (χ1v) is 9.73. The summed E-state index contributed by atoms with van der Waals surface area (Å²) in [6.45, 7) is 9.37. The second-order valence-electron chi connectivity index (χ2n) is 6.24. The molecule has 0 aliphatic heterocycles. The summed E-state index contributed by atoms with van der Waals surface area (Å²) in [6, 6.07) is 0. The highest BCUT2D eigenvalue weighted by Gasteiger charge is 1.98. The Morgan fingerprint density at radius 1 is 0.625 bits per heavy atom. The number of rotatable bonds is 20. The molecule has 0 aromatic carbocycles. The molecule has 0 aliphatic carbocycles. The fourth-order valence-corrected chi connectivity index (χ4v) is 2.26. The minimum Gasteiger partial charge on any atom is -0.394 e. The van der Waals surface area contributed by atoms with Gasteiger partial charge in [-0.2, -0.15) is 0 Å². The molecule has 0 fully saturated rings. The predicted molar refractivity (Wildman–Crippen MR) is 97.5 cm³/mol. The molecule has 5 nitrogen and oxygen atoms in total. The second kappa shape index (κ2) is 20.8. The Balaban J connectivity index is 2.98. The first-order valence-electron chi connectivity index (χ1n) is 9.73. The Bertz CT molecular complexity index is 226. The van der Waals surface area contributed by atoms with Crippen molar-refractivity contribution in [2.24, 2.45) is 5.92 Å². The van der Waals surface area contributed by atoms with Crippen molar-refractivity contribution in [3.8, 4) is 0 Å². The highest BCUT2D eigenvalue weighted by Crippen LogP contribution is 2.13. The van der Waals surface area contributed by atoms with E-state index in [0.29, 0.717) is 46.2 Å². The first kappa shape index (κ1) is 23.8. The lowest BCUT2D eigenvalue weighted by Crippen LogP contribution is -2.12. The molecule has 0 aromatic rings. The van der Waals surface area contributed by atoms with E-state index in [2.05, 4.69) is 13.8 Å². The van der Waals surface area contributed by atoms with Crippen molar-refractivity contribution >= 4 is 0 Å². The van der Waals surface area contributed by atoms with Gasteiger partial charge in [0.1, 0.15) is 0 Å². The number of hydrogen-bond acceptors (Lipinski definition) is 5. The van der Waals surface area contributed by atoms with Gasteiger partial charge < -0.3 is 24.1 Å². The maximum Gasteiger partial charge on any atom is 0.0701 e. The summed E-state index contributed by atoms with van der Waals surface area (Å²) in [4.78, 5) is 0. The molecule has 0 amide bonds. The third-order valence-electron chi connectivity index (χ3n) is 4.03. The van der Waals surface area contributed by atoms with E-state index in [0.717, 1.165) is 18.9 Å². The zero-order chi connectivity index (χ0) is 17.7. The van der Waals surface area contributed by atoms with Crippen LogP contribution in [0.25, 0.3) is 0 Å². The average molecular weight is 349 g/mol. The molecule has 24 heavy (non-hydrogen) atoms. The van der Waals surface area contributed by atoms with Gasteiger partial charge in [0.25, 0.3) is 0 Å². The van der Waals surface area contributed by atoms with Crippen LogP contribution >= 0.6 is 0 Å². The van der Waals surface area contributed by atoms with E-state index in [1.165, 1.54) is 38.5 Å². The van der Waals surface area contributed by atoms with Crippen molar-refractivity contribution in [2.45, 2.75) is 58.8 Å². The summed E-state index contributed by atoms with van der Waals surface area (Å²) in [6.07, 6.45) is 9.17. The molecule has 5 heteroatoms. The summed E-state index contributed by atoms with van der Waals surface area (Å²) in [5.74, 6) is 0.887. The molecule has 0 aromatic heterocycles. The molecule has 0 rings (SSSR count). The Morgan fingerprint density at radius 2 is 1.08 bits per heavy atom. The monoisotopic (exact) mass is 348 g/mol. The maximum atomic E-state index is 8.52. The maximum absolute atomic E-state index is 8.52. The van der Waals surface area contributed by atoms with Crippen LogP contribution in [0.1, 0.15) is 58.8 Å². The van der Waals surface area contributed by atoms with E-state index < -0.39 is 0 Å². The summed E-state index contributed by atoms with van der Waals surface area (Å²) >= 11 is 0. The molecule has 0 saturated heterocycles. The minimum atomic E-state index is 0.0569. The van der Waals surface area contributed by atoms with E-state index in [4.69, 9.17) is 24.1 Å². The van der Waals surface area contributed by atoms with E-state index in [1.54, 1.807) is 0 Å². The van der Waals surface area contributed by atoms with Crippen LogP contribution in [-0.2, 0) is 18.9 Å². The van der Waals surface area contributed by atoms with E-state index >= 15 is 0 Å². The zero-order valence-electron chi connectivity index (χ0n) is 16.0. The standard InChI is InChI=1S/C19H40O5/c1-3-19(2)9-7-5-4-6-8-11-21-13-15-23-17-18-24-16-14-22-12-10-20/h19-20H,3-18H2,1-2H3. The van der Waals surface area contributed by atoms with Gasteiger partial charge in [0.2, 0.25) is 0 Å². The first-order chi connectivity index (χ1) is 11.8. The molecular formula is C19H40O5. The van der Waals surface area contributed by atoms with E-state index in [9.17, 15) is 0 Å². The molecule has 0 heterocycles. The Labute approximate surface area is 149 Å². The zero-order valence-corrected chi connectivity index (χ0v) is 16.0. The fraction of sp³-hybridized carbons (Fsp3) is 1.00. The van der Waals surface area contributed by atoms with Gasteiger partial charge in [0, 0.05) is 6.61 Å². The minimum absolute atomic E-state index is 0.0569. The van der Waals surface area contributed by atoms with Crippen molar-refractivity contribution in [1.29, 1.82) is 0 Å². The van der Waals surface area contributed by atoms with Gasteiger partial charge in [0.15, 0.2) is 0 Å². The fourth-order valence-electron chi connectivity index (χ4n) is 2.26. The molecule has 0 saturated carbocycles. The van der Waals surface area contributed by atoms with Gasteiger partial charge >= 0.3 is 0 Å². The number of ether oxygens (including phenoxy) is 4. The molecule has 146 valence electrons. The van der Waals surface area contributed by atoms with Gasteiger partial charge in [-0.25, -0.2) is 0 Å². The highest BCUT2D eigenvalue weighted by atomic mass is 16.6. The molecule has 0 aliphatic rings.